The lowest BCUT2D eigenvalue weighted by atomic mass is 10.0. The average Bonchev–Trinajstić information content (AvgIpc) is 3.47. The lowest BCUT2D eigenvalue weighted by Gasteiger charge is -2.18. The highest BCUT2D eigenvalue weighted by Crippen LogP contribution is 2.18. The van der Waals surface area contributed by atoms with Crippen molar-refractivity contribution in [3.63, 3.8) is 0 Å². The van der Waals surface area contributed by atoms with Crippen LogP contribution in [-0.4, -0.2) is 37.2 Å². The Hall–Kier alpha value is -3.15. The highest BCUT2D eigenvalue weighted by Gasteiger charge is 2.19. The minimum absolute atomic E-state index is 0.0828. The molecule has 0 aliphatic carbocycles. The van der Waals surface area contributed by atoms with Crippen molar-refractivity contribution in [1.82, 2.24) is 0 Å². The van der Waals surface area contributed by atoms with Gasteiger partial charge in [-0.3, -0.25) is 14.4 Å². The third-order valence-corrected chi connectivity index (χ3v) is 15.7. The molecule has 0 aromatic rings. The second-order valence-electron chi connectivity index (χ2n) is 23.8. The number of unbranched alkanes of at least 4 members (excludes halogenated alkanes) is 42. The van der Waals surface area contributed by atoms with Gasteiger partial charge < -0.3 is 14.2 Å². The number of carbonyl (C=O) groups is 3. The first-order chi connectivity index (χ1) is 40.0. The van der Waals surface area contributed by atoms with Crippen molar-refractivity contribution < 1.29 is 28.6 Å². The van der Waals surface area contributed by atoms with Crippen molar-refractivity contribution in [2.45, 2.75) is 374 Å². The molecule has 0 aromatic carbocycles. The topological polar surface area (TPSA) is 78.9 Å². The summed E-state index contributed by atoms with van der Waals surface area (Å²) in [7, 11) is 0. The molecule has 0 aromatic heterocycles. The summed E-state index contributed by atoms with van der Waals surface area (Å²) in [6, 6.07) is 0. The normalized spacial score (nSPS) is 12.5. The molecule has 0 saturated heterocycles. The second-order valence-corrected chi connectivity index (χ2v) is 23.8. The summed E-state index contributed by atoms with van der Waals surface area (Å²) in [5.74, 6) is -0.891. The SMILES string of the molecule is CC/C=C\C/C=C\C/C=C\C/C=C\C/C=C\CCCCCCCC(=O)OC(COC(=O)CCCCCCC/C=C\CCCCCCC)COC(=O)CCCCCCCCCCCCCCCCCCCCCCCCCCCCCC. The molecule has 470 valence electrons. The van der Waals surface area contributed by atoms with E-state index in [9.17, 15) is 14.4 Å². The Labute approximate surface area is 503 Å². The Morgan fingerprint density at radius 1 is 0.259 bits per heavy atom. The number of allylic oxidation sites excluding steroid dienone is 12. The monoisotopic (exact) mass is 1130 g/mol. The Morgan fingerprint density at radius 2 is 0.481 bits per heavy atom. The third-order valence-electron chi connectivity index (χ3n) is 15.7. The van der Waals surface area contributed by atoms with Gasteiger partial charge in [-0.15, -0.1) is 0 Å². The molecule has 1 atom stereocenters. The molecule has 1 unspecified atom stereocenters. The molecule has 6 heteroatoms. The van der Waals surface area contributed by atoms with Crippen LogP contribution in [0, 0.1) is 0 Å². The molecule has 0 saturated carbocycles. The minimum atomic E-state index is -0.790. The molecular weight excluding hydrogens is 997 g/mol. The van der Waals surface area contributed by atoms with E-state index in [0.717, 1.165) is 116 Å². The number of hydrogen-bond acceptors (Lipinski definition) is 6. The van der Waals surface area contributed by atoms with E-state index in [-0.39, 0.29) is 31.1 Å². The molecule has 0 amide bonds. The van der Waals surface area contributed by atoms with E-state index in [4.69, 9.17) is 14.2 Å². The van der Waals surface area contributed by atoms with Crippen LogP contribution in [0.1, 0.15) is 367 Å². The fraction of sp³-hybridized carbons (Fsp3) is 0.800. The van der Waals surface area contributed by atoms with E-state index >= 15 is 0 Å². The van der Waals surface area contributed by atoms with Gasteiger partial charge >= 0.3 is 17.9 Å². The summed E-state index contributed by atoms with van der Waals surface area (Å²) in [4.78, 5) is 38.4. The van der Waals surface area contributed by atoms with Crippen LogP contribution in [0.25, 0.3) is 0 Å². The largest absolute Gasteiger partial charge is 0.462 e. The zero-order valence-electron chi connectivity index (χ0n) is 54.1. The quantitative estimate of drug-likeness (QED) is 0.0261. The van der Waals surface area contributed by atoms with Gasteiger partial charge in [0.25, 0.3) is 0 Å². The Morgan fingerprint density at radius 3 is 0.765 bits per heavy atom. The van der Waals surface area contributed by atoms with Crippen molar-refractivity contribution in [1.29, 1.82) is 0 Å². The number of carbonyl (C=O) groups excluding carboxylic acids is 3. The first kappa shape index (κ1) is 77.9. The zero-order chi connectivity index (χ0) is 58.5. The molecule has 0 N–H and O–H groups in total. The van der Waals surface area contributed by atoms with Gasteiger partial charge in [-0.25, -0.2) is 0 Å². The predicted molar refractivity (Wildman–Crippen MR) is 353 cm³/mol. The lowest BCUT2D eigenvalue weighted by Crippen LogP contribution is -2.30. The van der Waals surface area contributed by atoms with E-state index < -0.39 is 6.10 Å². The van der Waals surface area contributed by atoms with Crippen LogP contribution in [0.2, 0.25) is 0 Å². The molecular formula is C75H134O6. The van der Waals surface area contributed by atoms with E-state index in [1.807, 2.05) is 0 Å². The van der Waals surface area contributed by atoms with Crippen molar-refractivity contribution in [2.75, 3.05) is 13.2 Å². The molecule has 0 spiro atoms. The highest BCUT2D eigenvalue weighted by molar-refractivity contribution is 5.71. The van der Waals surface area contributed by atoms with Crippen LogP contribution in [0.4, 0.5) is 0 Å². The fourth-order valence-corrected chi connectivity index (χ4v) is 10.4. The molecule has 0 aliphatic rings. The summed E-state index contributed by atoms with van der Waals surface area (Å²) in [6.07, 6.45) is 90.8. The maximum absolute atomic E-state index is 12.9. The van der Waals surface area contributed by atoms with Crippen LogP contribution in [0.5, 0.6) is 0 Å². The maximum atomic E-state index is 12.9. The van der Waals surface area contributed by atoms with E-state index in [1.165, 1.54) is 212 Å². The van der Waals surface area contributed by atoms with Gasteiger partial charge in [-0.1, -0.05) is 331 Å². The van der Waals surface area contributed by atoms with E-state index in [1.54, 1.807) is 0 Å². The number of ether oxygens (including phenoxy) is 3. The van der Waals surface area contributed by atoms with Crippen molar-refractivity contribution in [3.8, 4) is 0 Å². The fourth-order valence-electron chi connectivity index (χ4n) is 10.4. The summed E-state index contributed by atoms with van der Waals surface area (Å²) in [5.41, 5.74) is 0. The van der Waals surface area contributed by atoms with Crippen molar-refractivity contribution >= 4 is 17.9 Å². The first-order valence-corrected chi connectivity index (χ1v) is 35.4. The highest BCUT2D eigenvalue weighted by atomic mass is 16.6. The van der Waals surface area contributed by atoms with Crippen LogP contribution in [0.15, 0.2) is 72.9 Å². The van der Waals surface area contributed by atoms with Gasteiger partial charge in [0, 0.05) is 19.3 Å². The number of hydrogen-bond donors (Lipinski definition) is 0. The molecule has 0 fully saturated rings. The molecule has 0 aliphatic heterocycles. The van der Waals surface area contributed by atoms with Crippen LogP contribution in [-0.2, 0) is 28.6 Å². The summed E-state index contributed by atoms with van der Waals surface area (Å²) in [5, 5.41) is 0. The Balaban J connectivity index is 4.27. The molecule has 6 nitrogen and oxygen atoms in total. The van der Waals surface area contributed by atoms with Crippen molar-refractivity contribution in [2.24, 2.45) is 0 Å². The van der Waals surface area contributed by atoms with E-state index in [0.29, 0.717) is 19.3 Å². The molecule has 81 heavy (non-hydrogen) atoms. The summed E-state index contributed by atoms with van der Waals surface area (Å²) < 4.78 is 17.0. The third kappa shape index (κ3) is 67.5. The van der Waals surface area contributed by atoms with Crippen LogP contribution >= 0.6 is 0 Å². The maximum Gasteiger partial charge on any atom is 0.306 e. The second kappa shape index (κ2) is 69.3. The van der Waals surface area contributed by atoms with Gasteiger partial charge in [0.2, 0.25) is 0 Å². The average molecular weight is 1130 g/mol. The Bertz CT molecular complexity index is 1490. The van der Waals surface area contributed by atoms with Crippen LogP contribution in [0.3, 0.4) is 0 Å². The zero-order valence-corrected chi connectivity index (χ0v) is 54.1. The predicted octanol–water partition coefficient (Wildman–Crippen LogP) is 24.4. The van der Waals surface area contributed by atoms with Crippen LogP contribution < -0.4 is 0 Å². The molecule has 0 heterocycles. The molecule has 0 rings (SSSR count). The van der Waals surface area contributed by atoms with Gasteiger partial charge in [-0.2, -0.15) is 0 Å². The first-order valence-electron chi connectivity index (χ1n) is 35.4. The number of esters is 3. The van der Waals surface area contributed by atoms with Crippen molar-refractivity contribution in [3.05, 3.63) is 72.9 Å². The number of rotatable bonds is 65. The summed E-state index contributed by atoms with van der Waals surface area (Å²) in [6.45, 7) is 6.55. The van der Waals surface area contributed by atoms with Gasteiger partial charge in [0.05, 0.1) is 0 Å². The Kier molecular flexibility index (Phi) is 66.6. The molecule has 0 bridgehead atoms. The lowest BCUT2D eigenvalue weighted by molar-refractivity contribution is -0.167. The molecule has 0 radical (unpaired) electrons. The van der Waals surface area contributed by atoms with E-state index in [2.05, 4.69) is 93.7 Å². The minimum Gasteiger partial charge on any atom is -0.462 e. The van der Waals surface area contributed by atoms with Gasteiger partial charge in [0.1, 0.15) is 13.2 Å². The standard InChI is InChI=1S/C75H134O6/c1-4-7-10-13-16-19-22-25-28-30-32-34-35-36-37-38-39-40-42-43-45-47-50-53-56-59-62-65-68-74(77)80-71-72(70-79-73(76)67-64-61-58-55-52-49-27-24-21-18-15-12-9-6-3)81-75(78)69-66-63-60-57-54-51-48-46-44-41-33-31-29-26-23-20-17-14-11-8-5-2/h8,11,17,20,24,26-27,29,33,41,46,48,72H,4-7,9-10,12-16,18-19,21-23,25,28,30-32,34-40,42-45,47,49-71H2,1-3H3/b11-8-,20-17-,27-24-,29-26-,41-33-,48-46-. The smallest absolute Gasteiger partial charge is 0.306 e. The van der Waals surface area contributed by atoms with Gasteiger partial charge in [-0.05, 0) is 89.9 Å². The summed E-state index contributed by atoms with van der Waals surface area (Å²) >= 11 is 0. The van der Waals surface area contributed by atoms with Gasteiger partial charge in [0.15, 0.2) is 6.10 Å².